The standard InChI is InChI=1S/C18H23N3O2S/c1-14-6-8-17(15(2)12-14)24(22,23)20-18-9-7-16(13-19-18)21-10-4-3-5-11-21/h6-9,12-13H,3-5,10-11H2,1-2H3,(H,19,20). The highest BCUT2D eigenvalue weighted by Crippen LogP contribution is 2.22. The third-order valence-corrected chi connectivity index (χ3v) is 5.84. The summed E-state index contributed by atoms with van der Waals surface area (Å²) < 4.78 is 27.7. The summed E-state index contributed by atoms with van der Waals surface area (Å²) in [5, 5.41) is 0. The number of nitrogens with one attached hydrogen (secondary N) is 1. The van der Waals surface area contributed by atoms with E-state index in [-0.39, 0.29) is 4.90 Å². The minimum absolute atomic E-state index is 0.287. The molecule has 2 heterocycles. The Morgan fingerprint density at radius 2 is 1.79 bits per heavy atom. The van der Waals surface area contributed by atoms with Gasteiger partial charge in [-0.1, -0.05) is 17.7 Å². The van der Waals surface area contributed by atoms with E-state index in [0.29, 0.717) is 5.82 Å². The molecule has 0 saturated carbocycles. The van der Waals surface area contributed by atoms with Gasteiger partial charge in [0.15, 0.2) is 0 Å². The molecular formula is C18H23N3O2S. The molecule has 0 aliphatic carbocycles. The highest BCUT2D eigenvalue weighted by Gasteiger charge is 2.18. The molecule has 2 aromatic rings. The van der Waals surface area contributed by atoms with Crippen molar-refractivity contribution in [3.8, 4) is 0 Å². The number of piperidine rings is 1. The van der Waals surface area contributed by atoms with Crippen LogP contribution in [0.2, 0.25) is 0 Å². The SMILES string of the molecule is Cc1ccc(S(=O)(=O)Nc2ccc(N3CCCCC3)cn2)c(C)c1. The average molecular weight is 345 g/mol. The smallest absolute Gasteiger partial charge is 0.263 e. The van der Waals surface area contributed by atoms with Crippen molar-refractivity contribution in [2.45, 2.75) is 38.0 Å². The zero-order valence-electron chi connectivity index (χ0n) is 14.1. The first-order chi connectivity index (χ1) is 11.5. The Labute approximate surface area is 143 Å². The maximum absolute atomic E-state index is 12.6. The lowest BCUT2D eigenvalue weighted by Gasteiger charge is -2.28. The van der Waals surface area contributed by atoms with E-state index in [1.54, 1.807) is 31.3 Å². The summed E-state index contributed by atoms with van der Waals surface area (Å²) in [7, 11) is -3.62. The van der Waals surface area contributed by atoms with Crippen molar-refractivity contribution in [3.05, 3.63) is 47.7 Å². The first-order valence-electron chi connectivity index (χ1n) is 8.27. The van der Waals surface area contributed by atoms with E-state index < -0.39 is 10.0 Å². The molecule has 1 N–H and O–H groups in total. The zero-order valence-corrected chi connectivity index (χ0v) is 14.9. The lowest BCUT2D eigenvalue weighted by Crippen LogP contribution is -2.29. The fraction of sp³-hybridized carbons (Fsp3) is 0.389. The summed E-state index contributed by atoms with van der Waals surface area (Å²) in [6, 6.07) is 8.95. The van der Waals surface area contributed by atoms with Gasteiger partial charge in [-0.05, 0) is 56.9 Å². The number of hydrogen-bond donors (Lipinski definition) is 1. The Morgan fingerprint density at radius 1 is 1.04 bits per heavy atom. The van der Waals surface area contributed by atoms with Crippen LogP contribution >= 0.6 is 0 Å². The molecule has 1 aliphatic rings. The number of nitrogens with zero attached hydrogens (tertiary/aromatic N) is 2. The zero-order chi connectivity index (χ0) is 17.2. The van der Waals surface area contributed by atoms with E-state index in [1.165, 1.54) is 19.3 Å². The van der Waals surface area contributed by atoms with Gasteiger partial charge in [0.1, 0.15) is 5.82 Å². The summed E-state index contributed by atoms with van der Waals surface area (Å²) >= 11 is 0. The maximum Gasteiger partial charge on any atom is 0.263 e. The molecule has 5 nitrogen and oxygen atoms in total. The molecule has 1 fully saturated rings. The second-order valence-corrected chi connectivity index (χ2v) is 7.97. The molecule has 24 heavy (non-hydrogen) atoms. The van der Waals surface area contributed by atoms with Gasteiger partial charge in [0.25, 0.3) is 10.0 Å². The van der Waals surface area contributed by atoms with Crippen molar-refractivity contribution >= 4 is 21.5 Å². The summed E-state index contributed by atoms with van der Waals surface area (Å²) in [6.45, 7) is 5.82. The molecule has 0 radical (unpaired) electrons. The fourth-order valence-electron chi connectivity index (χ4n) is 3.08. The number of anilines is 2. The topological polar surface area (TPSA) is 62.3 Å². The molecule has 1 aromatic heterocycles. The molecule has 128 valence electrons. The summed E-state index contributed by atoms with van der Waals surface area (Å²) in [5.41, 5.74) is 2.81. The number of rotatable bonds is 4. The predicted octanol–water partition coefficient (Wildman–Crippen LogP) is 3.49. The van der Waals surface area contributed by atoms with Crippen molar-refractivity contribution in [1.29, 1.82) is 0 Å². The Bertz CT molecular complexity index is 811. The van der Waals surface area contributed by atoms with Gasteiger partial charge < -0.3 is 4.90 Å². The van der Waals surface area contributed by atoms with Crippen LogP contribution < -0.4 is 9.62 Å². The van der Waals surface area contributed by atoms with Gasteiger partial charge in [0.05, 0.1) is 16.8 Å². The molecule has 0 spiro atoms. The molecule has 1 aliphatic heterocycles. The van der Waals surface area contributed by atoms with Crippen LogP contribution in [-0.2, 0) is 10.0 Å². The highest BCUT2D eigenvalue weighted by molar-refractivity contribution is 7.92. The predicted molar refractivity (Wildman–Crippen MR) is 97.0 cm³/mol. The van der Waals surface area contributed by atoms with Crippen LogP contribution in [0.5, 0.6) is 0 Å². The Kier molecular flexibility index (Phi) is 4.76. The molecule has 3 rings (SSSR count). The Balaban J connectivity index is 1.77. The maximum atomic E-state index is 12.6. The monoisotopic (exact) mass is 345 g/mol. The molecule has 1 saturated heterocycles. The average Bonchev–Trinajstić information content (AvgIpc) is 2.55. The van der Waals surface area contributed by atoms with Crippen molar-refractivity contribution in [1.82, 2.24) is 4.98 Å². The van der Waals surface area contributed by atoms with Crippen molar-refractivity contribution < 1.29 is 8.42 Å². The first kappa shape index (κ1) is 16.8. The van der Waals surface area contributed by atoms with Crippen LogP contribution in [0.1, 0.15) is 30.4 Å². The Morgan fingerprint density at radius 3 is 2.42 bits per heavy atom. The molecule has 1 aromatic carbocycles. The van der Waals surface area contributed by atoms with E-state index >= 15 is 0 Å². The molecular weight excluding hydrogens is 322 g/mol. The number of aromatic nitrogens is 1. The number of pyridine rings is 1. The van der Waals surface area contributed by atoms with Crippen molar-refractivity contribution in [3.63, 3.8) is 0 Å². The van der Waals surface area contributed by atoms with E-state index in [2.05, 4.69) is 14.6 Å². The van der Waals surface area contributed by atoms with Crippen LogP contribution in [0.15, 0.2) is 41.4 Å². The third kappa shape index (κ3) is 3.70. The third-order valence-electron chi connectivity index (χ3n) is 4.33. The minimum atomic E-state index is -3.62. The molecule has 0 atom stereocenters. The summed E-state index contributed by atoms with van der Waals surface area (Å²) in [4.78, 5) is 6.86. The first-order valence-corrected chi connectivity index (χ1v) is 9.75. The molecule has 0 amide bonds. The number of sulfonamides is 1. The number of aryl methyl sites for hydroxylation is 2. The van der Waals surface area contributed by atoms with Crippen LogP contribution in [0.3, 0.4) is 0 Å². The second-order valence-electron chi connectivity index (χ2n) is 6.32. The van der Waals surface area contributed by atoms with Crippen LogP contribution in [0.25, 0.3) is 0 Å². The van der Waals surface area contributed by atoms with E-state index in [0.717, 1.165) is 29.9 Å². The van der Waals surface area contributed by atoms with Gasteiger partial charge in [0.2, 0.25) is 0 Å². The van der Waals surface area contributed by atoms with Gasteiger partial charge in [-0.3, -0.25) is 4.72 Å². The van der Waals surface area contributed by atoms with Crippen LogP contribution in [0.4, 0.5) is 11.5 Å². The largest absolute Gasteiger partial charge is 0.370 e. The van der Waals surface area contributed by atoms with Gasteiger partial charge in [0, 0.05) is 13.1 Å². The van der Waals surface area contributed by atoms with Crippen molar-refractivity contribution in [2.75, 3.05) is 22.7 Å². The van der Waals surface area contributed by atoms with E-state index in [1.807, 2.05) is 19.1 Å². The second kappa shape index (κ2) is 6.81. The van der Waals surface area contributed by atoms with Crippen LogP contribution in [-0.4, -0.2) is 26.5 Å². The fourth-order valence-corrected chi connectivity index (χ4v) is 4.32. The van der Waals surface area contributed by atoms with Crippen molar-refractivity contribution in [2.24, 2.45) is 0 Å². The normalized spacial score (nSPS) is 15.3. The van der Waals surface area contributed by atoms with Gasteiger partial charge in [-0.25, -0.2) is 13.4 Å². The van der Waals surface area contributed by atoms with E-state index in [4.69, 9.17) is 0 Å². The minimum Gasteiger partial charge on any atom is -0.370 e. The summed E-state index contributed by atoms with van der Waals surface area (Å²) in [5.74, 6) is 0.343. The van der Waals surface area contributed by atoms with Gasteiger partial charge >= 0.3 is 0 Å². The molecule has 0 unspecified atom stereocenters. The van der Waals surface area contributed by atoms with Crippen LogP contribution in [0, 0.1) is 13.8 Å². The number of hydrogen-bond acceptors (Lipinski definition) is 4. The van der Waals surface area contributed by atoms with Gasteiger partial charge in [-0.2, -0.15) is 0 Å². The lowest BCUT2D eigenvalue weighted by molar-refractivity contribution is 0.577. The summed E-state index contributed by atoms with van der Waals surface area (Å²) in [6.07, 6.45) is 5.41. The Hall–Kier alpha value is -2.08. The van der Waals surface area contributed by atoms with E-state index in [9.17, 15) is 8.42 Å². The molecule has 6 heteroatoms. The molecule has 0 bridgehead atoms. The quantitative estimate of drug-likeness (QED) is 0.921. The highest BCUT2D eigenvalue weighted by atomic mass is 32.2. The lowest BCUT2D eigenvalue weighted by atomic mass is 10.1. The number of benzene rings is 1. The van der Waals surface area contributed by atoms with Gasteiger partial charge in [-0.15, -0.1) is 0 Å².